The van der Waals surface area contributed by atoms with Crippen LogP contribution in [0, 0.1) is 28.6 Å². The van der Waals surface area contributed by atoms with Crippen molar-refractivity contribution in [3.05, 3.63) is 0 Å². The highest BCUT2D eigenvalue weighted by Crippen LogP contribution is 2.46. The SMILES string of the molecule is CC1C(N)CCC(C(=O)N2CCC(C(C)(C)C)C2)C1(C)C. The predicted molar refractivity (Wildman–Crippen MR) is 87.8 cm³/mol. The molecule has 1 saturated heterocycles. The molecule has 1 heterocycles. The number of nitrogens with two attached hydrogens (primary N) is 1. The van der Waals surface area contributed by atoms with E-state index in [1.165, 1.54) is 0 Å². The van der Waals surface area contributed by atoms with E-state index in [9.17, 15) is 4.79 Å². The molecule has 1 aliphatic heterocycles. The summed E-state index contributed by atoms with van der Waals surface area (Å²) < 4.78 is 0. The van der Waals surface area contributed by atoms with Gasteiger partial charge in [-0.2, -0.15) is 0 Å². The summed E-state index contributed by atoms with van der Waals surface area (Å²) in [6.45, 7) is 15.4. The Hall–Kier alpha value is -0.570. The molecule has 21 heavy (non-hydrogen) atoms. The second kappa shape index (κ2) is 5.57. The molecule has 3 heteroatoms. The highest BCUT2D eigenvalue weighted by molar-refractivity contribution is 5.80. The maximum absolute atomic E-state index is 13.0. The van der Waals surface area contributed by atoms with Crippen molar-refractivity contribution < 1.29 is 4.79 Å². The van der Waals surface area contributed by atoms with Gasteiger partial charge in [0.2, 0.25) is 5.91 Å². The summed E-state index contributed by atoms with van der Waals surface area (Å²) >= 11 is 0. The minimum absolute atomic E-state index is 0.00850. The second-order valence-electron chi connectivity index (χ2n) is 9.04. The molecule has 4 unspecified atom stereocenters. The van der Waals surface area contributed by atoms with Crippen LogP contribution in [0.4, 0.5) is 0 Å². The Morgan fingerprint density at radius 3 is 2.33 bits per heavy atom. The Bertz CT molecular complexity index is 397. The van der Waals surface area contributed by atoms with Crippen LogP contribution >= 0.6 is 0 Å². The molecule has 4 atom stereocenters. The van der Waals surface area contributed by atoms with Gasteiger partial charge < -0.3 is 10.6 Å². The zero-order chi connectivity index (χ0) is 16.0. The largest absolute Gasteiger partial charge is 0.342 e. The highest BCUT2D eigenvalue weighted by Gasteiger charge is 2.47. The topological polar surface area (TPSA) is 46.3 Å². The van der Waals surface area contributed by atoms with Crippen LogP contribution in [0.2, 0.25) is 0 Å². The summed E-state index contributed by atoms with van der Waals surface area (Å²) in [5.41, 5.74) is 6.53. The zero-order valence-electron chi connectivity index (χ0n) is 14.8. The fourth-order valence-corrected chi connectivity index (χ4v) is 4.18. The van der Waals surface area contributed by atoms with Gasteiger partial charge in [0.25, 0.3) is 0 Å². The smallest absolute Gasteiger partial charge is 0.226 e. The van der Waals surface area contributed by atoms with E-state index in [0.29, 0.717) is 23.2 Å². The summed E-state index contributed by atoms with van der Waals surface area (Å²) in [5, 5.41) is 0. The fraction of sp³-hybridized carbons (Fsp3) is 0.944. The van der Waals surface area contributed by atoms with Gasteiger partial charge in [-0.15, -0.1) is 0 Å². The number of hydrogen-bond donors (Lipinski definition) is 1. The average Bonchev–Trinajstić information content (AvgIpc) is 2.85. The van der Waals surface area contributed by atoms with E-state index in [2.05, 4.69) is 46.4 Å². The molecule has 122 valence electrons. The van der Waals surface area contributed by atoms with Crippen LogP contribution in [-0.4, -0.2) is 29.9 Å². The Balaban J connectivity index is 2.07. The number of nitrogens with zero attached hydrogens (tertiary/aromatic N) is 1. The van der Waals surface area contributed by atoms with Gasteiger partial charge in [0, 0.05) is 25.0 Å². The molecule has 1 saturated carbocycles. The summed E-state index contributed by atoms with van der Waals surface area (Å²) in [5.74, 6) is 1.56. The zero-order valence-corrected chi connectivity index (χ0v) is 14.8. The fourth-order valence-electron chi connectivity index (χ4n) is 4.18. The van der Waals surface area contributed by atoms with Crippen LogP contribution < -0.4 is 5.73 Å². The molecule has 2 aliphatic rings. The minimum atomic E-state index is 0.00850. The quantitative estimate of drug-likeness (QED) is 0.806. The molecule has 1 aliphatic carbocycles. The molecule has 0 spiro atoms. The van der Waals surface area contributed by atoms with E-state index >= 15 is 0 Å². The first-order chi connectivity index (χ1) is 9.55. The van der Waals surface area contributed by atoms with Crippen molar-refractivity contribution in [2.75, 3.05) is 13.1 Å². The standard InChI is InChI=1S/C18H34N2O/c1-12-15(19)8-7-14(18(12,5)6)16(21)20-10-9-13(11-20)17(2,3)4/h12-15H,7-11,19H2,1-6H3. The van der Waals surface area contributed by atoms with E-state index < -0.39 is 0 Å². The van der Waals surface area contributed by atoms with Crippen molar-refractivity contribution in [2.45, 2.75) is 66.8 Å². The Kier molecular flexibility index (Phi) is 4.45. The predicted octanol–water partition coefficient (Wildman–Crippen LogP) is 3.28. The van der Waals surface area contributed by atoms with Crippen LogP contribution in [0.25, 0.3) is 0 Å². The molecule has 0 bridgehead atoms. The summed E-state index contributed by atoms with van der Waals surface area (Å²) in [4.78, 5) is 15.2. The Labute approximate surface area is 130 Å². The molecule has 0 aromatic heterocycles. The first-order valence-corrected chi connectivity index (χ1v) is 8.59. The van der Waals surface area contributed by atoms with Gasteiger partial charge in [-0.3, -0.25) is 4.79 Å². The van der Waals surface area contributed by atoms with Gasteiger partial charge >= 0.3 is 0 Å². The van der Waals surface area contributed by atoms with Crippen LogP contribution in [-0.2, 0) is 4.79 Å². The lowest BCUT2D eigenvalue weighted by Gasteiger charge is -2.47. The van der Waals surface area contributed by atoms with Crippen LogP contribution in [0.3, 0.4) is 0 Å². The number of rotatable bonds is 1. The first kappa shape index (κ1) is 16.8. The third-order valence-corrected chi connectivity index (χ3v) is 6.53. The minimum Gasteiger partial charge on any atom is -0.342 e. The van der Waals surface area contributed by atoms with E-state index in [4.69, 9.17) is 5.73 Å². The van der Waals surface area contributed by atoms with Crippen molar-refractivity contribution in [1.82, 2.24) is 4.90 Å². The van der Waals surface area contributed by atoms with Gasteiger partial charge in [-0.1, -0.05) is 41.5 Å². The maximum Gasteiger partial charge on any atom is 0.226 e. The maximum atomic E-state index is 13.0. The van der Waals surface area contributed by atoms with Crippen molar-refractivity contribution in [1.29, 1.82) is 0 Å². The van der Waals surface area contributed by atoms with Crippen LogP contribution in [0.5, 0.6) is 0 Å². The van der Waals surface area contributed by atoms with E-state index in [1.54, 1.807) is 0 Å². The Morgan fingerprint density at radius 1 is 1.19 bits per heavy atom. The Morgan fingerprint density at radius 2 is 1.81 bits per heavy atom. The van der Waals surface area contributed by atoms with Crippen LogP contribution in [0.1, 0.15) is 60.8 Å². The molecule has 2 rings (SSSR count). The summed E-state index contributed by atoms with van der Waals surface area (Å²) in [6.07, 6.45) is 3.09. The van der Waals surface area contributed by atoms with Gasteiger partial charge in [0.05, 0.1) is 0 Å². The van der Waals surface area contributed by atoms with E-state index in [-0.39, 0.29) is 17.4 Å². The lowest BCUT2D eigenvalue weighted by atomic mass is 9.60. The molecule has 2 fully saturated rings. The molecule has 0 aromatic rings. The summed E-state index contributed by atoms with van der Waals surface area (Å²) in [7, 11) is 0. The lowest BCUT2D eigenvalue weighted by molar-refractivity contribution is -0.142. The summed E-state index contributed by atoms with van der Waals surface area (Å²) in [6, 6.07) is 0.241. The van der Waals surface area contributed by atoms with Gasteiger partial charge in [-0.05, 0) is 41.9 Å². The van der Waals surface area contributed by atoms with Gasteiger partial charge in [0.15, 0.2) is 0 Å². The number of hydrogen-bond acceptors (Lipinski definition) is 2. The van der Waals surface area contributed by atoms with Gasteiger partial charge in [0.1, 0.15) is 0 Å². The van der Waals surface area contributed by atoms with Crippen molar-refractivity contribution >= 4 is 5.91 Å². The molecule has 0 aromatic carbocycles. The van der Waals surface area contributed by atoms with Crippen molar-refractivity contribution in [2.24, 2.45) is 34.3 Å². The first-order valence-electron chi connectivity index (χ1n) is 8.59. The molecular formula is C18H34N2O. The number of carbonyl (C=O) groups excluding carboxylic acids is 1. The second-order valence-corrected chi connectivity index (χ2v) is 9.04. The number of amides is 1. The molecule has 3 nitrogen and oxygen atoms in total. The van der Waals surface area contributed by atoms with Crippen molar-refractivity contribution in [3.8, 4) is 0 Å². The lowest BCUT2D eigenvalue weighted by Crippen LogP contribution is -2.52. The normalized spacial score (nSPS) is 36.8. The third-order valence-electron chi connectivity index (χ3n) is 6.53. The van der Waals surface area contributed by atoms with Gasteiger partial charge in [-0.25, -0.2) is 0 Å². The van der Waals surface area contributed by atoms with Crippen LogP contribution in [0.15, 0.2) is 0 Å². The van der Waals surface area contributed by atoms with Crippen molar-refractivity contribution in [3.63, 3.8) is 0 Å². The molecule has 2 N–H and O–H groups in total. The van der Waals surface area contributed by atoms with E-state index in [1.807, 2.05) is 0 Å². The number of carbonyl (C=O) groups is 1. The monoisotopic (exact) mass is 294 g/mol. The molecular weight excluding hydrogens is 260 g/mol. The highest BCUT2D eigenvalue weighted by atomic mass is 16.2. The molecule has 1 amide bonds. The molecule has 0 radical (unpaired) electrons. The number of likely N-dealkylation sites (tertiary alicyclic amines) is 1. The van der Waals surface area contributed by atoms with E-state index in [0.717, 1.165) is 32.4 Å². The third kappa shape index (κ3) is 3.13. The average molecular weight is 294 g/mol.